The second kappa shape index (κ2) is 26.3. The number of hydrogen-bond donors (Lipinski definition) is 14. The van der Waals surface area contributed by atoms with E-state index in [0.29, 0.717) is 32.1 Å². The molecule has 0 radical (unpaired) electrons. The molecule has 0 bridgehead atoms. The van der Waals surface area contributed by atoms with Crippen LogP contribution in [-0.2, 0) is 71.5 Å². The summed E-state index contributed by atoms with van der Waals surface area (Å²) in [7, 11) is -3.79. The first-order valence-electron chi connectivity index (χ1n) is 30.4. The third-order valence-corrected chi connectivity index (χ3v) is 21.2. The van der Waals surface area contributed by atoms with E-state index in [1.807, 2.05) is 20.8 Å². The lowest BCUT2D eigenvalue weighted by Crippen LogP contribution is -2.70. The fourth-order valence-corrected chi connectivity index (χ4v) is 16.5. The molecule has 33 unspecified atom stereocenters. The fraction of sp³-hybridized carbons (Fsp3) is 0.947. The first-order valence-corrected chi connectivity index (χ1v) is 31.7. The van der Waals surface area contributed by atoms with E-state index in [2.05, 4.69) is 13.0 Å². The molecule has 30 heteroatoms. The highest BCUT2D eigenvalue weighted by molar-refractivity contribution is 7.80. The Kier molecular flexibility index (Phi) is 21.0. The van der Waals surface area contributed by atoms with Crippen LogP contribution in [0.1, 0.15) is 120 Å². The summed E-state index contributed by atoms with van der Waals surface area (Å²) in [6.45, 7) is 15.1. The molecule has 29 nitrogen and oxygen atoms in total. The van der Waals surface area contributed by atoms with Crippen molar-refractivity contribution < 1.29 is 140 Å². The van der Waals surface area contributed by atoms with E-state index < -0.39 is 198 Å². The van der Waals surface area contributed by atoms with E-state index in [1.54, 1.807) is 6.92 Å². The van der Waals surface area contributed by atoms with Gasteiger partial charge in [0.15, 0.2) is 37.7 Å². The van der Waals surface area contributed by atoms with E-state index in [0.717, 1.165) is 12.7 Å². The highest BCUT2D eigenvalue weighted by atomic mass is 32.3. The van der Waals surface area contributed by atoms with Crippen LogP contribution in [0.2, 0.25) is 0 Å². The molecular weight excluding hydrogens is 1180 g/mol. The topological polar surface area (TPSA) is 445 Å². The van der Waals surface area contributed by atoms with E-state index in [4.69, 9.17) is 56.3 Å². The number of rotatable bonds is 18. The van der Waals surface area contributed by atoms with Gasteiger partial charge in [-0.2, -0.15) is 8.42 Å². The number of ether oxygens (including phenoxy) is 11. The Bertz CT molecular complexity index is 2510. The standard InChI is InChI=1S/C57H94O29S/c1-21(2)17-26(58)20-56(9,69)33-12-11-29-28-19-32(31-18-27(86-87(72,73)74)13-15-54(31,7)30(28)14-16-55(29,33)8)80-51-43(68)47(57(70,71)25(6)79-51)84-52-46(83-50-40(65)37(62)35(60)23(4)77-50)42(67)44(24(5)78-52)81-53-45(38(63)41(66)48(75-10)85-53)82-49-39(64)36(61)34(59)22(3)76-49/h14,21-25,27-29,31-53,59-71H,11-13,15-20H2,1-10H3,(H,72,73,74). The fourth-order valence-electron chi connectivity index (χ4n) is 16.0. The van der Waals surface area contributed by atoms with Crippen molar-refractivity contribution in [1.82, 2.24) is 0 Å². The number of allylic oxidation sites excluding steroid dienone is 2. The largest absolute Gasteiger partial charge is 0.397 e. The van der Waals surface area contributed by atoms with E-state index in [9.17, 15) is 84.1 Å². The summed E-state index contributed by atoms with van der Waals surface area (Å²) in [4.78, 5) is 13.2. The number of carbonyl (C=O) groups is 1. The summed E-state index contributed by atoms with van der Waals surface area (Å²) >= 11 is 0. The van der Waals surface area contributed by atoms with Crippen LogP contribution < -0.4 is 0 Å². The van der Waals surface area contributed by atoms with Gasteiger partial charge >= 0.3 is 10.4 Å². The van der Waals surface area contributed by atoms with Gasteiger partial charge in [-0.15, -0.1) is 0 Å². The SMILES string of the molecule is COC1OC(OC2C(C)OC(OC3C(O)C(OC4CC5C(=CCC6(C)C5CCC6C(C)(O)CC(=O)CC(C)C)C5(C)CCC(OS(=O)(=O)O)CC45)OC(C)C3(O)O)C(OC3OC(C)C(O)C(O)C3O)C2O)C(OC2OC(C)C(O)C(O)C2O)C(O)C1O. The molecular formula is C57H94O29S. The molecule has 3 saturated carbocycles. The number of aliphatic hydroxyl groups excluding tert-OH is 10. The quantitative estimate of drug-likeness (QED) is 0.0388. The second-order valence-electron chi connectivity index (χ2n) is 27.2. The Hall–Kier alpha value is -1.68. The van der Waals surface area contributed by atoms with Crippen molar-refractivity contribution in [1.29, 1.82) is 0 Å². The molecule has 4 aliphatic carbocycles. The zero-order chi connectivity index (χ0) is 64.1. The third-order valence-electron chi connectivity index (χ3n) is 20.7. The van der Waals surface area contributed by atoms with Gasteiger partial charge in [0.05, 0.1) is 36.1 Å². The molecule has 5 heterocycles. The molecule has 33 atom stereocenters. The molecule has 0 spiro atoms. The van der Waals surface area contributed by atoms with Crippen LogP contribution in [0.5, 0.6) is 0 Å². The Morgan fingerprint density at radius 1 is 0.644 bits per heavy atom. The van der Waals surface area contributed by atoms with Crippen LogP contribution in [0.15, 0.2) is 11.6 Å². The van der Waals surface area contributed by atoms with Crippen molar-refractivity contribution in [2.45, 2.75) is 291 Å². The Balaban J connectivity index is 1.01. The maximum absolute atomic E-state index is 13.2. The molecule has 9 aliphatic rings. The summed E-state index contributed by atoms with van der Waals surface area (Å²) in [5.74, 6) is -4.15. The zero-order valence-electron chi connectivity index (χ0n) is 50.6. The average Bonchev–Trinajstić information content (AvgIpc) is 1.71. The molecule has 0 aromatic carbocycles. The van der Waals surface area contributed by atoms with Crippen molar-refractivity contribution in [3.8, 4) is 0 Å². The molecule has 9 rings (SSSR count). The predicted octanol–water partition coefficient (Wildman–Crippen LogP) is -2.36. The van der Waals surface area contributed by atoms with Gasteiger partial charge in [0.2, 0.25) is 5.79 Å². The number of hydrogen-bond acceptors (Lipinski definition) is 28. The van der Waals surface area contributed by atoms with Gasteiger partial charge in [0, 0.05) is 20.0 Å². The molecule has 5 saturated heterocycles. The molecule has 502 valence electrons. The first kappa shape index (κ1) is 69.7. The van der Waals surface area contributed by atoms with Gasteiger partial charge in [-0.05, 0) is 120 Å². The van der Waals surface area contributed by atoms with Crippen LogP contribution in [-0.4, -0.2) is 263 Å². The Labute approximate surface area is 505 Å². The normalized spacial score (nSPS) is 51.0. The smallest absolute Gasteiger partial charge is 0.389 e. The summed E-state index contributed by atoms with van der Waals surface area (Å²) in [5.41, 5.74) is -1.42. The van der Waals surface area contributed by atoms with E-state index in [1.165, 1.54) is 27.7 Å². The van der Waals surface area contributed by atoms with Crippen molar-refractivity contribution >= 4 is 16.2 Å². The first-order chi connectivity index (χ1) is 40.4. The van der Waals surface area contributed by atoms with Crippen LogP contribution in [0.25, 0.3) is 0 Å². The highest BCUT2D eigenvalue weighted by Crippen LogP contribution is 2.67. The van der Waals surface area contributed by atoms with Crippen molar-refractivity contribution in [2.75, 3.05) is 7.11 Å². The second-order valence-corrected chi connectivity index (χ2v) is 28.2. The molecule has 14 N–H and O–H groups in total. The van der Waals surface area contributed by atoms with Crippen LogP contribution in [0.3, 0.4) is 0 Å². The minimum absolute atomic E-state index is 0.0102. The van der Waals surface area contributed by atoms with Gasteiger partial charge in [-0.25, -0.2) is 4.18 Å². The van der Waals surface area contributed by atoms with E-state index >= 15 is 0 Å². The van der Waals surface area contributed by atoms with Gasteiger partial charge in [-0.3, -0.25) is 9.35 Å². The number of carbonyl (C=O) groups excluding carboxylic acids is 1. The minimum atomic E-state index is -4.92. The zero-order valence-corrected chi connectivity index (χ0v) is 51.4. The number of methoxy groups -OCH3 is 1. The number of fused-ring (bicyclic) bond motifs is 5. The van der Waals surface area contributed by atoms with Crippen LogP contribution in [0, 0.1) is 40.4 Å². The average molecular weight is 1280 g/mol. The lowest BCUT2D eigenvalue weighted by Gasteiger charge is -2.60. The molecule has 0 amide bonds. The summed E-state index contributed by atoms with van der Waals surface area (Å²) in [6.07, 6.45) is -39.7. The van der Waals surface area contributed by atoms with E-state index in [-0.39, 0.29) is 55.1 Å². The molecule has 8 fully saturated rings. The van der Waals surface area contributed by atoms with Crippen molar-refractivity contribution in [3.05, 3.63) is 11.6 Å². The summed E-state index contributed by atoms with van der Waals surface area (Å²) in [6, 6.07) is 0. The summed E-state index contributed by atoms with van der Waals surface area (Å²) < 4.78 is 106. The maximum atomic E-state index is 13.2. The maximum Gasteiger partial charge on any atom is 0.397 e. The number of ketones is 1. The Morgan fingerprint density at radius 2 is 1.18 bits per heavy atom. The lowest BCUT2D eigenvalue weighted by atomic mass is 9.47. The van der Waals surface area contributed by atoms with Crippen molar-refractivity contribution in [3.63, 3.8) is 0 Å². The Morgan fingerprint density at radius 3 is 1.76 bits per heavy atom. The van der Waals surface area contributed by atoms with Crippen LogP contribution in [0.4, 0.5) is 0 Å². The van der Waals surface area contributed by atoms with Gasteiger partial charge in [0.1, 0.15) is 97.3 Å². The van der Waals surface area contributed by atoms with Crippen LogP contribution >= 0.6 is 0 Å². The van der Waals surface area contributed by atoms with Gasteiger partial charge in [0.25, 0.3) is 0 Å². The monoisotopic (exact) mass is 1270 g/mol. The minimum Gasteiger partial charge on any atom is -0.389 e. The highest BCUT2D eigenvalue weighted by Gasteiger charge is 2.65. The number of aliphatic hydroxyl groups is 13. The molecule has 0 aromatic rings. The molecule has 87 heavy (non-hydrogen) atoms. The molecule has 0 aromatic heterocycles. The van der Waals surface area contributed by atoms with Gasteiger partial charge < -0.3 is 118 Å². The third kappa shape index (κ3) is 13.6. The predicted molar refractivity (Wildman–Crippen MR) is 291 cm³/mol. The van der Waals surface area contributed by atoms with Crippen molar-refractivity contribution in [2.24, 2.45) is 40.4 Å². The number of Topliss-reactive ketones (excluding diaryl/α,β-unsaturated/α-hetero) is 1. The lowest BCUT2D eigenvalue weighted by molar-refractivity contribution is -0.435. The summed E-state index contributed by atoms with van der Waals surface area (Å²) in [5, 5.41) is 148. The van der Waals surface area contributed by atoms with Gasteiger partial charge in [-0.1, -0.05) is 39.3 Å². The molecule has 5 aliphatic heterocycles.